The van der Waals surface area contributed by atoms with Crippen molar-refractivity contribution in [1.29, 1.82) is 0 Å². The first-order valence-corrected chi connectivity index (χ1v) is 10.8. The fraction of sp³-hybridized carbons (Fsp3) is 0.250. The van der Waals surface area contributed by atoms with E-state index in [2.05, 4.69) is 4.98 Å². The van der Waals surface area contributed by atoms with Crippen molar-refractivity contribution in [2.45, 2.75) is 25.2 Å². The van der Waals surface area contributed by atoms with Crippen molar-refractivity contribution in [3.63, 3.8) is 0 Å². The number of benzene rings is 2. The minimum Gasteiger partial charge on any atom is -0.490 e. The van der Waals surface area contributed by atoms with Crippen LogP contribution >= 0.6 is 0 Å². The zero-order chi connectivity index (χ0) is 21.7. The Balaban J connectivity index is 2.18. The highest BCUT2D eigenvalue weighted by Gasteiger charge is 2.27. The van der Waals surface area contributed by atoms with Gasteiger partial charge in [-0.05, 0) is 31.5 Å². The third kappa shape index (κ3) is 4.13. The van der Waals surface area contributed by atoms with E-state index in [1.807, 2.05) is 6.92 Å². The summed E-state index contributed by atoms with van der Waals surface area (Å²) in [6, 6.07) is 10.6. The monoisotopic (exact) mass is 431 g/mol. The molecule has 9 nitrogen and oxygen atoms in total. The maximum absolute atomic E-state index is 13.1. The Morgan fingerprint density at radius 2 is 1.87 bits per heavy atom. The van der Waals surface area contributed by atoms with Gasteiger partial charge in [0, 0.05) is 24.0 Å². The second-order valence-corrected chi connectivity index (χ2v) is 8.04. The number of imidazole rings is 1. The Kier molecular flexibility index (Phi) is 6.36. The highest BCUT2D eigenvalue weighted by molar-refractivity contribution is 7.90. The lowest BCUT2D eigenvalue weighted by molar-refractivity contribution is -0.385. The maximum atomic E-state index is 13.1. The van der Waals surface area contributed by atoms with Crippen LogP contribution in [0, 0.1) is 10.1 Å². The van der Waals surface area contributed by atoms with Crippen molar-refractivity contribution in [2.75, 3.05) is 13.2 Å². The van der Waals surface area contributed by atoms with Gasteiger partial charge in [-0.1, -0.05) is 25.1 Å². The molecule has 0 bridgehead atoms. The first-order valence-electron chi connectivity index (χ1n) is 9.32. The Labute approximate surface area is 174 Å². The van der Waals surface area contributed by atoms with Gasteiger partial charge >= 0.3 is 5.69 Å². The maximum Gasteiger partial charge on any atom is 0.315 e. The number of ether oxygens (including phenoxy) is 2. The SMILES string of the molecule is CCCOc1c(OCC)cc(-c2nccn2S(=O)(=O)c2ccccc2)cc1[N+](=O)[O-]. The number of nitro benzene ring substituents is 1. The van der Waals surface area contributed by atoms with E-state index in [1.165, 1.54) is 36.7 Å². The molecule has 0 N–H and O–H groups in total. The lowest BCUT2D eigenvalue weighted by Crippen LogP contribution is -2.13. The standard InChI is InChI=1S/C20H21N3O6S/c1-3-12-29-19-17(23(24)25)13-15(14-18(19)28-4-2)20-21-10-11-22(20)30(26,27)16-8-6-5-7-9-16/h5-11,13-14H,3-4,12H2,1-2H3. The van der Waals surface area contributed by atoms with Crippen LogP contribution < -0.4 is 9.47 Å². The van der Waals surface area contributed by atoms with Crippen molar-refractivity contribution >= 4 is 15.7 Å². The second-order valence-electron chi connectivity index (χ2n) is 6.23. The highest BCUT2D eigenvalue weighted by Crippen LogP contribution is 2.41. The van der Waals surface area contributed by atoms with Gasteiger partial charge in [-0.15, -0.1) is 0 Å². The normalized spacial score (nSPS) is 11.3. The van der Waals surface area contributed by atoms with E-state index < -0.39 is 14.9 Å². The summed E-state index contributed by atoms with van der Waals surface area (Å²) in [4.78, 5) is 15.3. The van der Waals surface area contributed by atoms with E-state index in [9.17, 15) is 18.5 Å². The molecule has 0 aliphatic rings. The number of aromatic nitrogens is 2. The summed E-state index contributed by atoms with van der Waals surface area (Å²) in [7, 11) is -3.94. The lowest BCUT2D eigenvalue weighted by atomic mass is 10.1. The molecule has 10 heteroatoms. The largest absolute Gasteiger partial charge is 0.490 e. The molecule has 0 unspecified atom stereocenters. The minimum atomic E-state index is -3.94. The quantitative estimate of drug-likeness (QED) is 0.373. The molecule has 0 aliphatic heterocycles. The molecule has 1 aromatic heterocycles. The van der Waals surface area contributed by atoms with Crippen molar-refractivity contribution in [2.24, 2.45) is 0 Å². The molecule has 2 aromatic carbocycles. The minimum absolute atomic E-state index is 0.0106. The third-order valence-electron chi connectivity index (χ3n) is 4.15. The van der Waals surface area contributed by atoms with Crippen LogP contribution in [-0.2, 0) is 10.0 Å². The van der Waals surface area contributed by atoms with Gasteiger partial charge in [0.25, 0.3) is 10.0 Å². The summed E-state index contributed by atoms with van der Waals surface area (Å²) in [6.45, 7) is 4.14. The average molecular weight is 431 g/mol. The second kappa shape index (κ2) is 8.95. The predicted molar refractivity (Wildman–Crippen MR) is 110 cm³/mol. The fourth-order valence-electron chi connectivity index (χ4n) is 2.86. The molecule has 30 heavy (non-hydrogen) atoms. The van der Waals surface area contributed by atoms with Gasteiger partial charge in [0.05, 0.1) is 23.0 Å². The van der Waals surface area contributed by atoms with Crippen molar-refractivity contribution < 1.29 is 22.8 Å². The van der Waals surface area contributed by atoms with Crippen LogP contribution in [0.25, 0.3) is 11.4 Å². The van der Waals surface area contributed by atoms with E-state index in [4.69, 9.17) is 9.47 Å². The van der Waals surface area contributed by atoms with E-state index >= 15 is 0 Å². The molecule has 0 amide bonds. The number of hydrogen-bond acceptors (Lipinski definition) is 7. The molecule has 0 atom stereocenters. The van der Waals surface area contributed by atoms with E-state index in [1.54, 1.807) is 25.1 Å². The molecule has 0 spiro atoms. The molecular formula is C20H21N3O6S. The topological polar surface area (TPSA) is 114 Å². The highest BCUT2D eigenvalue weighted by atomic mass is 32.2. The van der Waals surface area contributed by atoms with Gasteiger partial charge in [0.15, 0.2) is 11.6 Å². The zero-order valence-corrected chi connectivity index (χ0v) is 17.3. The molecule has 0 aliphatic carbocycles. The summed E-state index contributed by atoms with van der Waals surface area (Å²) in [5.74, 6) is 0.197. The van der Waals surface area contributed by atoms with Crippen molar-refractivity contribution in [3.05, 3.63) is 65.0 Å². The van der Waals surface area contributed by atoms with E-state index in [0.29, 0.717) is 6.42 Å². The average Bonchev–Trinajstić information content (AvgIpc) is 3.24. The molecule has 0 saturated carbocycles. The molecule has 0 radical (unpaired) electrons. The number of nitrogens with zero attached hydrogens (tertiary/aromatic N) is 3. The van der Waals surface area contributed by atoms with Gasteiger partial charge < -0.3 is 9.47 Å². The molecule has 0 fully saturated rings. The Morgan fingerprint density at radius 1 is 1.13 bits per heavy atom. The summed E-state index contributed by atoms with van der Waals surface area (Å²) in [5.41, 5.74) is -0.102. The lowest BCUT2D eigenvalue weighted by Gasteiger charge is -2.14. The number of nitro groups is 1. The van der Waals surface area contributed by atoms with Crippen LogP contribution in [0.15, 0.2) is 59.8 Å². The Bertz CT molecular complexity index is 1140. The smallest absolute Gasteiger partial charge is 0.315 e. The fourth-order valence-corrected chi connectivity index (χ4v) is 4.18. The van der Waals surface area contributed by atoms with Gasteiger partial charge in [0.1, 0.15) is 0 Å². The Morgan fingerprint density at radius 3 is 2.50 bits per heavy atom. The first-order chi connectivity index (χ1) is 14.4. The van der Waals surface area contributed by atoms with Crippen LogP contribution in [0.4, 0.5) is 5.69 Å². The van der Waals surface area contributed by atoms with Gasteiger partial charge in [-0.25, -0.2) is 17.4 Å². The van der Waals surface area contributed by atoms with Crippen molar-refractivity contribution in [3.8, 4) is 22.9 Å². The number of hydrogen-bond donors (Lipinski definition) is 0. The van der Waals surface area contributed by atoms with Crippen LogP contribution in [0.1, 0.15) is 20.3 Å². The van der Waals surface area contributed by atoms with Crippen molar-refractivity contribution in [1.82, 2.24) is 8.96 Å². The summed E-state index contributed by atoms with van der Waals surface area (Å²) in [6.07, 6.45) is 3.28. The molecule has 0 saturated heterocycles. The first kappa shape index (κ1) is 21.3. The summed E-state index contributed by atoms with van der Waals surface area (Å²) < 4.78 is 38.2. The van der Waals surface area contributed by atoms with Gasteiger partial charge in [0.2, 0.25) is 5.75 Å². The van der Waals surface area contributed by atoms with Crippen LogP contribution in [0.2, 0.25) is 0 Å². The molecule has 158 valence electrons. The van der Waals surface area contributed by atoms with Crippen LogP contribution in [0.3, 0.4) is 0 Å². The van der Waals surface area contributed by atoms with Gasteiger partial charge in [-0.3, -0.25) is 10.1 Å². The van der Waals surface area contributed by atoms with Crippen LogP contribution in [-0.4, -0.2) is 35.5 Å². The number of rotatable bonds is 9. The molecule has 3 aromatic rings. The molecule has 1 heterocycles. The van der Waals surface area contributed by atoms with E-state index in [-0.39, 0.29) is 46.7 Å². The predicted octanol–water partition coefficient (Wildman–Crippen LogP) is 3.88. The Hall–Kier alpha value is -3.40. The zero-order valence-electron chi connectivity index (χ0n) is 16.5. The van der Waals surface area contributed by atoms with E-state index in [0.717, 1.165) is 3.97 Å². The summed E-state index contributed by atoms with van der Waals surface area (Å²) in [5, 5.41) is 11.7. The molecular weight excluding hydrogens is 410 g/mol. The molecule has 3 rings (SSSR count). The summed E-state index contributed by atoms with van der Waals surface area (Å²) >= 11 is 0. The van der Waals surface area contributed by atoms with Gasteiger partial charge in [-0.2, -0.15) is 0 Å². The third-order valence-corrected chi connectivity index (χ3v) is 5.83. The van der Waals surface area contributed by atoms with Crippen LogP contribution in [0.5, 0.6) is 11.5 Å².